The Morgan fingerprint density at radius 1 is 1.36 bits per heavy atom. The molecule has 0 unspecified atom stereocenters. The van der Waals surface area contributed by atoms with Crippen LogP contribution in [0.15, 0.2) is 24.7 Å². The Labute approximate surface area is 110 Å². The molecule has 2 heterocycles. The molecule has 3 heteroatoms. The molecular formula is C11H13N2Y-. The van der Waals surface area contributed by atoms with Crippen molar-refractivity contribution in [2.24, 2.45) is 0 Å². The van der Waals surface area contributed by atoms with Crippen LogP contribution in [-0.4, -0.2) is 9.55 Å². The Hall–Kier alpha value is -0.206. The van der Waals surface area contributed by atoms with Crippen molar-refractivity contribution in [2.45, 2.75) is 26.3 Å². The fourth-order valence-corrected chi connectivity index (χ4v) is 1.47. The Kier molecular flexibility index (Phi) is 3.49. The van der Waals surface area contributed by atoms with Crippen molar-refractivity contribution in [3.05, 3.63) is 30.7 Å². The van der Waals surface area contributed by atoms with Gasteiger partial charge in [-0.15, -0.1) is 0 Å². The van der Waals surface area contributed by atoms with Gasteiger partial charge in [0, 0.05) is 44.4 Å². The summed E-state index contributed by atoms with van der Waals surface area (Å²) in [5, 5.41) is 1.08. The molecule has 0 fully saturated rings. The van der Waals surface area contributed by atoms with E-state index in [9.17, 15) is 0 Å². The summed E-state index contributed by atoms with van der Waals surface area (Å²) >= 11 is 0. The fraction of sp³-hybridized carbons (Fsp3) is 0.364. The molecule has 0 aromatic carbocycles. The quantitative estimate of drug-likeness (QED) is 0.667. The van der Waals surface area contributed by atoms with E-state index in [1.807, 2.05) is 24.7 Å². The van der Waals surface area contributed by atoms with Crippen LogP contribution in [0, 0.1) is 6.07 Å². The van der Waals surface area contributed by atoms with E-state index in [0.717, 1.165) is 5.39 Å². The average molecular weight is 262 g/mol. The van der Waals surface area contributed by atoms with Crippen molar-refractivity contribution in [3.63, 3.8) is 0 Å². The zero-order valence-electron chi connectivity index (χ0n) is 8.78. The number of fused-ring (bicyclic) bond motifs is 1. The maximum absolute atomic E-state index is 4.06. The summed E-state index contributed by atoms with van der Waals surface area (Å²) in [5.74, 6) is 0. The molecular weight excluding hydrogens is 249 g/mol. The van der Waals surface area contributed by atoms with E-state index in [2.05, 4.69) is 36.4 Å². The third kappa shape index (κ3) is 2.07. The van der Waals surface area contributed by atoms with Crippen LogP contribution in [0.4, 0.5) is 0 Å². The van der Waals surface area contributed by atoms with Crippen LogP contribution < -0.4 is 0 Å². The summed E-state index contributed by atoms with van der Waals surface area (Å²) < 4.78 is 2.21. The van der Waals surface area contributed by atoms with Crippen molar-refractivity contribution in [1.82, 2.24) is 9.55 Å². The van der Waals surface area contributed by atoms with Crippen molar-refractivity contribution < 1.29 is 32.7 Å². The monoisotopic (exact) mass is 262 g/mol. The van der Waals surface area contributed by atoms with Crippen molar-refractivity contribution in [2.75, 3.05) is 0 Å². The molecule has 14 heavy (non-hydrogen) atoms. The van der Waals surface area contributed by atoms with Gasteiger partial charge in [-0.3, -0.25) is 0 Å². The van der Waals surface area contributed by atoms with Gasteiger partial charge in [-0.2, -0.15) is 11.5 Å². The van der Waals surface area contributed by atoms with E-state index in [1.54, 1.807) is 0 Å². The first-order valence-corrected chi connectivity index (χ1v) is 4.42. The zero-order valence-corrected chi connectivity index (χ0v) is 11.6. The van der Waals surface area contributed by atoms with Gasteiger partial charge in [-0.05, 0) is 20.8 Å². The smallest absolute Gasteiger partial charge is 0.0235 e. The van der Waals surface area contributed by atoms with E-state index in [1.165, 1.54) is 5.52 Å². The Balaban J connectivity index is 0.000000980. The van der Waals surface area contributed by atoms with Gasteiger partial charge < -0.3 is 9.55 Å². The molecule has 0 bridgehead atoms. The van der Waals surface area contributed by atoms with Gasteiger partial charge in [0.1, 0.15) is 0 Å². The summed E-state index contributed by atoms with van der Waals surface area (Å²) in [4.78, 5) is 4.06. The third-order valence-corrected chi connectivity index (χ3v) is 2.13. The predicted octanol–water partition coefficient (Wildman–Crippen LogP) is 2.59. The summed E-state index contributed by atoms with van der Waals surface area (Å²) in [6.07, 6.45) is 5.66. The first kappa shape index (κ1) is 11.9. The van der Waals surface area contributed by atoms with Crippen LogP contribution >= 0.6 is 0 Å². The zero-order chi connectivity index (χ0) is 9.47. The van der Waals surface area contributed by atoms with E-state index in [4.69, 9.17) is 0 Å². The molecule has 2 aromatic rings. The standard InChI is InChI=1S/C11H13N2.Y/c1-11(2,3)13-7-5-9-8-12-6-4-10(9)13;/h4,6-8H,1-3H3;/q-1;. The van der Waals surface area contributed by atoms with E-state index in [0.29, 0.717) is 0 Å². The number of aromatic nitrogens is 2. The van der Waals surface area contributed by atoms with Gasteiger partial charge in [0.15, 0.2) is 0 Å². The van der Waals surface area contributed by atoms with Crippen molar-refractivity contribution >= 4 is 10.9 Å². The normalized spacial score (nSPS) is 11.4. The van der Waals surface area contributed by atoms with E-state index >= 15 is 0 Å². The molecule has 0 aliphatic rings. The molecule has 0 saturated carbocycles. The molecule has 2 rings (SSSR count). The van der Waals surface area contributed by atoms with Crippen LogP contribution in [0.3, 0.4) is 0 Å². The topological polar surface area (TPSA) is 17.8 Å². The molecule has 2 nitrogen and oxygen atoms in total. The summed E-state index contributed by atoms with van der Waals surface area (Å²) in [6, 6.07) is 5.22. The number of hydrogen-bond donors (Lipinski definition) is 0. The minimum absolute atomic E-state index is 0. The van der Waals surface area contributed by atoms with Crippen LogP contribution in [0.25, 0.3) is 10.9 Å². The molecule has 0 amide bonds. The molecule has 0 atom stereocenters. The summed E-state index contributed by atoms with van der Waals surface area (Å²) in [7, 11) is 0. The maximum Gasteiger partial charge on any atom is 0.0235 e. The van der Waals surface area contributed by atoms with E-state index in [-0.39, 0.29) is 38.2 Å². The molecule has 0 spiro atoms. The van der Waals surface area contributed by atoms with Crippen LogP contribution in [-0.2, 0) is 38.2 Å². The maximum atomic E-state index is 4.06. The van der Waals surface area contributed by atoms with Crippen molar-refractivity contribution in [1.29, 1.82) is 0 Å². The molecule has 2 aromatic heterocycles. The molecule has 71 valence electrons. The van der Waals surface area contributed by atoms with Gasteiger partial charge in [0.05, 0.1) is 0 Å². The molecule has 1 radical (unpaired) electrons. The molecule has 0 aliphatic carbocycles. The van der Waals surface area contributed by atoms with Crippen LogP contribution in [0.1, 0.15) is 20.8 Å². The van der Waals surface area contributed by atoms with Gasteiger partial charge in [-0.1, -0.05) is 24.0 Å². The molecule has 0 aliphatic heterocycles. The third-order valence-electron chi connectivity index (χ3n) is 2.13. The van der Waals surface area contributed by atoms with Gasteiger partial charge >= 0.3 is 0 Å². The van der Waals surface area contributed by atoms with E-state index < -0.39 is 0 Å². The summed E-state index contributed by atoms with van der Waals surface area (Å²) in [6.45, 7) is 6.54. The van der Waals surface area contributed by atoms with Gasteiger partial charge in [0.2, 0.25) is 0 Å². The Morgan fingerprint density at radius 2 is 2.07 bits per heavy atom. The number of pyridine rings is 1. The molecule has 0 N–H and O–H groups in total. The fourth-order valence-electron chi connectivity index (χ4n) is 1.47. The SMILES string of the molecule is CC(C)(C)n1c[c-]c2cnccc21.[Y]. The van der Waals surface area contributed by atoms with Crippen molar-refractivity contribution in [3.8, 4) is 0 Å². The minimum Gasteiger partial charge on any atom is -0.406 e. The summed E-state index contributed by atoms with van der Waals surface area (Å²) in [5.41, 5.74) is 1.31. The number of rotatable bonds is 0. The second-order valence-electron chi connectivity index (χ2n) is 4.21. The number of nitrogens with zero attached hydrogens (tertiary/aromatic N) is 2. The first-order valence-electron chi connectivity index (χ1n) is 4.42. The van der Waals surface area contributed by atoms with Gasteiger partial charge in [0.25, 0.3) is 0 Å². The van der Waals surface area contributed by atoms with Crippen LogP contribution in [0.5, 0.6) is 0 Å². The predicted molar refractivity (Wildman–Crippen MR) is 53.6 cm³/mol. The minimum atomic E-state index is 0. The second-order valence-corrected chi connectivity index (χ2v) is 4.21. The van der Waals surface area contributed by atoms with Gasteiger partial charge in [-0.25, -0.2) is 0 Å². The van der Waals surface area contributed by atoms with Crippen LogP contribution in [0.2, 0.25) is 0 Å². The average Bonchev–Trinajstić information content (AvgIpc) is 2.45. The Morgan fingerprint density at radius 3 is 2.71 bits per heavy atom. The molecule has 0 saturated heterocycles. The second kappa shape index (κ2) is 4.12. The number of hydrogen-bond acceptors (Lipinski definition) is 1. The Bertz CT molecular complexity index is 426. The first-order chi connectivity index (χ1) is 6.09. The largest absolute Gasteiger partial charge is 0.406 e.